The van der Waals surface area contributed by atoms with Crippen molar-refractivity contribution in [2.24, 2.45) is 0 Å². The Balaban J connectivity index is 1.63. The predicted octanol–water partition coefficient (Wildman–Crippen LogP) is 4.44. The first-order valence-electron chi connectivity index (χ1n) is 9.96. The lowest BCUT2D eigenvalue weighted by Crippen LogP contribution is -2.31. The number of nitrogens with zero attached hydrogens (tertiary/aromatic N) is 5. The molecule has 9 heteroatoms. The molecule has 3 rings (SSSR count). The second kappa shape index (κ2) is 9.38. The van der Waals surface area contributed by atoms with E-state index in [-0.39, 0.29) is 24.3 Å². The van der Waals surface area contributed by atoms with Crippen molar-refractivity contribution in [2.75, 3.05) is 6.54 Å². The van der Waals surface area contributed by atoms with Gasteiger partial charge in [0.05, 0.1) is 17.1 Å². The van der Waals surface area contributed by atoms with Gasteiger partial charge in [0, 0.05) is 24.8 Å². The molecule has 1 aromatic carbocycles. The van der Waals surface area contributed by atoms with Crippen molar-refractivity contribution in [1.29, 1.82) is 0 Å². The first-order valence-corrected chi connectivity index (χ1v) is 10.3. The largest absolute Gasteiger partial charge is 0.419 e. The number of aryl methyl sites for hydroxylation is 1. The van der Waals surface area contributed by atoms with Crippen molar-refractivity contribution < 1.29 is 13.7 Å². The molecule has 0 fully saturated rings. The second-order valence-corrected chi connectivity index (χ2v) is 8.47. The van der Waals surface area contributed by atoms with Crippen LogP contribution in [0.15, 0.2) is 33.2 Å². The van der Waals surface area contributed by atoms with E-state index in [2.05, 4.69) is 20.3 Å². The molecule has 0 spiro atoms. The smallest absolute Gasteiger partial charge is 0.249 e. The summed E-state index contributed by atoms with van der Waals surface area (Å²) in [6.45, 7) is 8.86. The lowest BCUT2D eigenvalue weighted by atomic mass is 9.96. The third-order valence-corrected chi connectivity index (χ3v) is 4.76. The molecule has 0 saturated heterocycles. The number of rotatable bonds is 8. The summed E-state index contributed by atoms with van der Waals surface area (Å²) in [5, 5.41) is 12.7. The first kappa shape index (κ1) is 22.0. The third kappa shape index (κ3) is 5.44. The summed E-state index contributed by atoms with van der Waals surface area (Å²) in [4.78, 5) is 18.9. The molecule has 2 aromatic heterocycles. The van der Waals surface area contributed by atoms with E-state index >= 15 is 0 Å². The Morgan fingerprint density at radius 3 is 2.60 bits per heavy atom. The molecule has 1 amide bonds. The Kier molecular flexibility index (Phi) is 6.87. The van der Waals surface area contributed by atoms with E-state index in [1.807, 2.05) is 45.9 Å². The zero-order chi connectivity index (χ0) is 21.7. The minimum Gasteiger partial charge on any atom is -0.419 e. The molecule has 0 aliphatic rings. The highest BCUT2D eigenvalue weighted by Crippen LogP contribution is 2.26. The number of carbonyl (C=O) groups excluding carboxylic acids is 1. The Labute approximate surface area is 180 Å². The molecule has 0 bridgehead atoms. The number of aromatic nitrogens is 4. The fourth-order valence-electron chi connectivity index (χ4n) is 2.82. The van der Waals surface area contributed by atoms with Crippen LogP contribution < -0.4 is 0 Å². The average Bonchev–Trinajstić information content (AvgIpc) is 3.35. The van der Waals surface area contributed by atoms with Gasteiger partial charge < -0.3 is 13.8 Å². The summed E-state index contributed by atoms with van der Waals surface area (Å²) in [6.07, 6.45) is 1.46. The fraction of sp³-hybridized carbons (Fsp3) is 0.476. The van der Waals surface area contributed by atoms with E-state index in [1.54, 1.807) is 11.0 Å². The van der Waals surface area contributed by atoms with Crippen molar-refractivity contribution in [2.45, 2.75) is 58.9 Å². The molecule has 0 aliphatic heterocycles. The molecule has 0 aliphatic carbocycles. The van der Waals surface area contributed by atoms with Crippen LogP contribution in [0.5, 0.6) is 0 Å². The van der Waals surface area contributed by atoms with Crippen molar-refractivity contribution in [1.82, 2.24) is 25.2 Å². The summed E-state index contributed by atoms with van der Waals surface area (Å²) >= 11 is 6.19. The van der Waals surface area contributed by atoms with Gasteiger partial charge in [-0.25, -0.2) is 0 Å². The van der Waals surface area contributed by atoms with Gasteiger partial charge in [-0.1, -0.05) is 56.6 Å². The van der Waals surface area contributed by atoms with Gasteiger partial charge in [-0.15, -0.1) is 10.2 Å². The molecule has 3 aromatic rings. The van der Waals surface area contributed by atoms with Crippen LogP contribution in [0.3, 0.4) is 0 Å². The quantitative estimate of drug-likeness (QED) is 0.519. The van der Waals surface area contributed by atoms with Crippen molar-refractivity contribution >= 4 is 17.5 Å². The van der Waals surface area contributed by atoms with Crippen LogP contribution in [0.4, 0.5) is 0 Å². The summed E-state index contributed by atoms with van der Waals surface area (Å²) in [5.74, 6) is 1.75. The first-order chi connectivity index (χ1) is 14.3. The molecule has 0 unspecified atom stereocenters. The SMILES string of the molecule is CCCN(Cc1nnc(-c2ccccc2Cl)o1)C(=O)CCc1nc(C(C)(C)C)no1. The zero-order valence-corrected chi connectivity index (χ0v) is 18.4. The Hall–Kier alpha value is -2.74. The monoisotopic (exact) mass is 431 g/mol. The maximum atomic E-state index is 12.8. The van der Waals surface area contributed by atoms with Crippen molar-refractivity contribution in [3.8, 4) is 11.5 Å². The summed E-state index contributed by atoms with van der Waals surface area (Å²) < 4.78 is 11.0. The number of amides is 1. The molecular formula is C21H26ClN5O3. The van der Waals surface area contributed by atoms with E-state index in [9.17, 15) is 4.79 Å². The van der Waals surface area contributed by atoms with Crippen LogP contribution >= 0.6 is 11.6 Å². The lowest BCUT2D eigenvalue weighted by molar-refractivity contribution is -0.132. The Morgan fingerprint density at radius 2 is 1.93 bits per heavy atom. The van der Waals surface area contributed by atoms with Crippen LogP contribution in [0.1, 0.15) is 58.1 Å². The highest BCUT2D eigenvalue weighted by atomic mass is 35.5. The molecule has 0 N–H and O–H groups in total. The van der Waals surface area contributed by atoms with E-state index in [0.29, 0.717) is 47.0 Å². The van der Waals surface area contributed by atoms with Gasteiger partial charge in [-0.2, -0.15) is 4.98 Å². The number of hydrogen-bond acceptors (Lipinski definition) is 7. The van der Waals surface area contributed by atoms with E-state index < -0.39 is 0 Å². The average molecular weight is 432 g/mol. The molecule has 8 nitrogen and oxygen atoms in total. The second-order valence-electron chi connectivity index (χ2n) is 8.06. The van der Waals surface area contributed by atoms with Crippen LogP contribution in [0.2, 0.25) is 5.02 Å². The van der Waals surface area contributed by atoms with Gasteiger partial charge in [0.15, 0.2) is 5.82 Å². The summed E-state index contributed by atoms with van der Waals surface area (Å²) in [5.41, 5.74) is 0.467. The zero-order valence-electron chi connectivity index (χ0n) is 17.7. The fourth-order valence-corrected chi connectivity index (χ4v) is 3.04. The van der Waals surface area contributed by atoms with Gasteiger partial charge in [-0.3, -0.25) is 4.79 Å². The lowest BCUT2D eigenvalue weighted by Gasteiger charge is -2.19. The Morgan fingerprint density at radius 1 is 1.17 bits per heavy atom. The van der Waals surface area contributed by atoms with Crippen LogP contribution in [0, 0.1) is 0 Å². The molecule has 2 heterocycles. The summed E-state index contributed by atoms with van der Waals surface area (Å²) in [6, 6.07) is 7.25. The molecular weight excluding hydrogens is 406 g/mol. The predicted molar refractivity (Wildman–Crippen MR) is 112 cm³/mol. The normalized spacial score (nSPS) is 11.6. The molecule has 0 radical (unpaired) electrons. The Bertz CT molecular complexity index is 992. The molecule has 0 atom stereocenters. The topological polar surface area (TPSA) is 98.2 Å². The van der Waals surface area contributed by atoms with Gasteiger partial charge in [-0.05, 0) is 18.6 Å². The standard InChI is InChI=1S/C21H26ClN5O3/c1-5-12-27(18(28)11-10-16-23-20(26-30-16)21(2,3)4)13-17-24-25-19(29-17)14-8-6-7-9-15(14)22/h6-9H,5,10-13H2,1-4H3. The minimum atomic E-state index is -0.197. The van der Waals surface area contributed by atoms with Gasteiger partial charge >= 0.3 is 0 Å². The number of carbonyl (C=O) groups is 1. The highest BCUT2D eigenvalue weighted by Gasteiger charge is 2.22. The van der Waals surface area contributed by atoms with Crippen molar-refractivity contribution in [3.63, 3.8) is 0 Å². The van der Waals surface area contributed by atoms with Crippen LogP contribution in [-0.4, -0.2) is 37.7 Å². The minimum absolute atomic E-state index is 0.0372. The van der Waals surface area contributed by atoms with Gasteiger partial charge in [0.2, 0.25) is 23.6 Å². The molecule has 0 saturated carbocycles. The highest BCUT2D eigenvalue weighted by molar-refractivity contribution is 6.33. The maximum Gasteiger partial charge on any atom is 0.249 e. The van der Waals surface area contributed by atoms with Gasteiger partial charge in [0.25, 0.3) is 0 Å². The summed E-state index contributed by atoms with van der Waals surface area (Å²) in [7, 11) is 0. The van der Waals surface area contributed by atoms with Crippen LogP contribution in [0.25, 0.3) is 11.5 Å². The number of benzene rings is 1. The van der Waals surface area contributed by atoms with E-state index in [4.69, 9.17) is 20.5 Å². The van der Waals surface area contributed by atoms with E-state index in [0.717, 1.165) is 6.42 Å². The maximum absolute atomic E-state index is 12.8. The van der Waals surface area contributed by atoms with Crippen LogP contribution in [-0.2, 0) is 23.2 Å². The number of halogens is 1. The molecule has 160 valence electrons. The third-order valence-electron chi connectivity index (χ3n) is 4.44. The van der Waals surface area contributed by atoms with E-state index in [1.165, 1.54) is 0 Å². The van der Waals surface area contributed by atoms with Gasteiger partial charge in [0.1, 0.15) is 0 Å². The molecule has 30 heavy (non-hydrogen) atoms. The van der Waals surface area contributed by atoms with Crippen molar-refractivity contribution in [3.05, 3.63) is 46.9 Å². The number of hydrogen-bond donors (Lipinski definition) is 0.